The Hall–Kier alpha value is -1.02. The molecule has 1 aromatic rings. The summed E-state index contributed by atoms with van der Waals surface area (Å²) >= 11 is 0. The summed E-state index contributed by atoms with van der Waals surface area (Å²) in [6.45, 7) is 8.64. The van der Waals surface area contributed by atoms with Crippen LogP contribution in [0.25, 0.3) is 0 Å². The third-order valence-electron chi connectivity index (χ3n) is 3.10. The minimum atomic E-state index is 0.521. The normalized spacial score (nSPS) is 12.5. The first-order valence-electron chi connectivity index (χ1n) is 6.21. The van der Waals surface area contributed by atoms with Crippen molar-refractivity contribution < 1.29 is 0 Å². The highest BCUT2D eigenvalue weighted by Gasteiger charge is 2.08. The van der Waals surface area contributed by atoms with Crippen LogP contribution in [0.2, 0.25) is 0 Å². The zero-order valence-corrected chi connectivity index (χ0v) is 11.0. The SMILES string of the molecule is CCNCC(C)N(C)c1ccc(CC)cc1. The first kappa shape index (κ1) is 13.0. The number of likely N-dealkylation sites (N-methyl/N-ethyl adjacent to an activating group) is 2. The van der Waals surface area contributed by atoms with Gasteiger partial charge >= 0.3 is 0 Å². The van der Waals surface area contributed by atoms with Crippen LogP contribution in [0.3, 0.4) is 0 Å². The number of aryl methyl sites for hydroxylation is 1. The van der Waals surface area contributed by atoms with Gasteiger partial charge in [0.05, 0.1) is 0 Å². The number of benzene rings is 1. The van der Waals surface area contributed by atoms with Crippen LogP contribution in [0.15, 0.2) is 24.3 Å². The van der Waals surface area contributed by atoms with E-state index in [1.807, 2.05) is 0 Å². The van der Waals surface area contributed by atoms with Crippen molar-refractivity contribution in [2.45, 2.75) is 33.2 Å². The molecule has 1 rings (SSSR count). The van der Waals surface area contributed by atoms with E-state index in [2.05, 4.69) is 62.3 Å². The molecule has 16 heavy (non-hydrogen) atoms. The maximum Gasteiger partial charge on any atom is 0.0383 e. The van der Waals surface area contributed by atoms with Crippen molar-refractivity contribution in [2.75, 3.05) is 25.0 Å². The van der Waals surface area contributed by atoms with Gasteiger partial charge in [0.2, 0.25) is 0 Å². The minimum Gasteiger partial charge on any atom is -0.371 e. The number of rotatable bonds is 6. The zero-order chi connectivity index (χ0) is 12.0. The van der Waals surface area contributed by atoms with Gasteiger partial charge in [-0.25, -0.2) is 0 Å². The lowest BCUT2D eigenvalue weighted by atomic mass is 10.1. The second kappa shape index (κ2) is 6.54. The third-order valence-corrected chi connectivity index (χ3v) is 3.10. The monoisotopic (exact) mass is 220 g/mol. The average molecular weight is 220 g/mol. The smallest absolute Gasteiger partial charge is 0.0383 e. The molecule has 0 amide bonds. The van der Waals surface area contributed by atoms with Crippen LogP contribution in [-0.4, -0.2) is 26.2 Å². The molecule has 2 nitrogen and oxygen atoms in total. The van der Waals surface area contributed by atoms with E-state index < -0.39 is 0 Å². The lowest BCUT2D eigenvalue weighted by Crippen LogP contribution is -2.37. The van der Waals surface area contributed by atoms with Gasteiger partial charge in [-0.05, 0) is 37.6 Å². The predicted molar refractivity (Wildman–Crippen MR) is 72.2 cm³/mol. The molecule has 0 fully saturated rings. The molecule has 0 bridgehead atoms. The van der Waals surface area contributed by atoms with Crippen molar-refractivity contribution in [2.24, 2.45) is 0 Å². The Labute approximate surface area is 99.7 Å². The molecule has 90 valence electrons. The average Bonchev–Trinajstić information content (AvgIpc) is 2.35. The summed E-state index contributed by atoms with van der Waals surface area (Å²) in [7, 11) is 2.16. The molecule has 0 radical (unpaired) electrons. The van der Waals surface area contributed by atoms with Crippen LogP contribution >= 0.6 is 0 Å². The number of hydrogen-bond acceptors (Lipinski definition) is 2. The van der Waals surface area contributed by atoms with E-state index in [1.54, 1.807) is 0 Å². The van der Waals surface area contributed by atoms with E-state index in [4.69, 9.17) is 0 Å². The quantitative estimate of drug-likeness (QED) is 0.793. The summed E-state index contributed by atoms with van der Waals surface area (Å²) in [6.07, 6.45) is 1.11. The van der Waals surface area contributed by atoms with Crippen LogP contribution in [0.1, 0.15) is 26.3 Å². The van der Waals surface area contributed by atoms with Crippen LogP contribution in [0.5, 0.6) is 0 Å². The highest BCUT2D eigenvalue weighted by atomic mass is 15.1. The molecule has 1 aromatic carbocycles. The fraction of sp³-hybridized carbons (Fsp3) is 0.571. The molecular formula is C14H24N2. The molecule has 0 aliphatic rings. The molecular weight excluding hydrogens is 196 g/mol. The second-order valence-electron chi connectivity index (χ2n) is 4.29. The Balaban J connectivity index is 2.60. The van der Waals surface area contributed by atoms with Gasteiger partial charge in [0.25, 0.3) is 0 Å². The first-order valence-corrected chi connectivity index (χ1v) is 6.21. The van der Waals surface area contributed by atoms with Gasteiger partial charge in [-0.15, -0.1) is 0 Å². The van der Waals surface area contributed by atoms with E-state index in [1.165, 1.54) is 11.3 Å². The van der Waals surface area contributed by atoms with Crippen molar-refractivity contribution >= 4 is 5.69 Å². The van der Waals surface area contributed by atoms with E-state index in [9.17, 15) is 0 Å². The second-order valence-corrected chi connectivity index (χ2v) is 4.29. The molecule has 0 aliphatic carbocycles. The van der Waals surface area contributed by atoms with E-state index >= 15 is 0 Å². The summed E-state index contributed by atoms with van der Waals surface area (Å²) in [6, 6.07) is 9.37. The Morgan fingerprint density at radius 3 is 2.31 bits per heavy atom. The third kappa shape index (κ3) is 3.53. The summed E-state index contributed by atoms with van der Waals surface area (Å²) in [5.74, 6) is 0. The Bertz CT molecular complexity index is 292. The van der Waals surface area contributed by atoms with Crippen LogP contribution in [0.4, 0.5) is 5.69 Å². The maximum atomic E-state index is 3.38. The lowest BCUT2D eigenvalue weighted by molar-refractivity contribution is 0.600. The number of anilines is 1. The van der Waals surface area contributed by atoms with E-state index in [0.717, 1.165) is 19.5 Å². The molecule has 0 aromatic heterocycles. The van der Waals surface area contributed by atoms with E-state index in [0.29, 0.717) is 6.04 Å². The van der Waals surface area contributed by atoms with Gasteiger partial charge < -0.3 is 10.2 Å². The summed E-state index contributed by atoms with van der Waals surface area (Å²) < 4.78 is 0. The maximum absolute atomic E-state index is 3.38. The molecule has 0 spiro atoms. The highest BCUT2D eigenvalue weighted by Crippen LogP contribution is 2.16. The molecule has 0 aliphatic heterocycles. The Morgan fingerprint density at radius 1 is 1.19 bits per heavy atom. The topological polar surface area (TPSA) is 15.3 Å². The van der Waals surface area contributed by atoms with Gasteiger partial charge in [-0.3, -0.25) is 0 Å². The van der Waals surface area contributed by atoms with Crippen molar-refractivity contribution in [3.05, 3.63) is 29.8 Å². The van der Waals surface area contributed by atoms with E-state index in [-0.39, 0.29) is 0 Å². The van der Waals surface area contributed by atoms with Crippen LogP contribution < -0.4 is 10.2 Å². The molecule has 0 heterocycles. The fourth-order valence-electron chi connectivity index (χ4n) is 1.71. The standard InChI is InChI=1S/C14H24N2/c1-5-13-7-9-14(10-8-13)16(4)12(3)11-15-6-2/h7-10,12,15H,5-6,11H2,1-4H3. The summed E-state index contributed by atoms with van der Waals surface area (Å²) in [5, 5.41) is 3.38. The molecule has 0 saturated heterocycles. The van der Waals surface area contributed by atoms with Gasteiger partial charge in [0, 0.05) is 25.3 Å². The van der Waals surface area contributed by atoms with Crippen molar-refractivity contribution in [1.82, 2.24) is 5.32 Å². The molecule has 2 heteroatoms. The lowest BCUT2D eigenvalue weighted by Gasteiger charge is -2.27. The van der Waals surface area contributed by atoms with Crippen LogP contribution in [-0.2, 0) is 6.42 Å². The van der Waals surface area contributed by atoms with Crippen molar-refractivity contribution in [1.29, 1.82) is 0 Å². The Morgan fingerprint density at radius 2 is 1.81 bits per heavy atom. The fourth-order valence-corrected chi connectivity index (χ4v) is 1.71. The number of nitrogens with zero attached hydrogens (tertiary/aromatic N) is 1. The van der Waals surface area contributed by atoms with Crippen molar-refractivity contribution in [3.63, 3.8) is 0 Å². The highest BCUT2D eigenvalue weighted by molar-refractivity contribution is 5.47. The largest absolute Gasteiger partial charge is 0.371 e. The number of hydrogen-bond donors (Lipinski definition) is 1. The zero-order valence-electron chi connectivity index (χ0n) is 11.0. The molecule has 0 saturated carbocycles. The number of nitrogens with one attached hydrogen (secondary N) is 1. The Kier molecular flexibility index (Phi) is 5.33. The molecule has 1 atom stereocenters. The van der Waals surface area contributed by atoms with Gasteiger partial charge in [-0.2, -0.15) is 0 Å². The first-order chi connectivity index (χ1) is 7.69. The van der Waals surface area contributed by atoms with Gasteiger partial charge in [-0.1, -0.05) is 26.0 Å². The summed E-state index contributed by atoms with van der Waals surface area (Å²) in [4.78, 5) is 2.32. The summed E-state index contributed by atoms with van der Waals surface area (Å²) in [5.41, 5.74) is 2.69. The van der Waals surface area contributed by atoms with Crippen molar-refractivity contribution in [3.8, 4) is 0 Å². The predicted octanol–water partition coefficient (Wildman–Crippen LogP) is 2.68. The molecule has 1 N–H and O–H groups in total. The molecule has 1 unspecified atom stereocenters. The minimum absolute atomic E-state index is 0.521. The van der Waals surface area contributed by atoms with Gasteiger partial charge in [0.15, 0.2) is 0 Å². The van der Waals surface area contributed by atoms with Crippen LogP contribution in [0, 0.1) is 0 Å². The van der Waals surface area contributed by atoms with Gasteiger partial charge in [0.1, 0.15) is 0 Å².